The molecule has 2 N–H and O–H groups in total. The van der Waals surface area contributed by atoms with Crippen molar-refractivity contribution in [2.45, 2.75) is 70.3 Å². The van der Waals surface area contributed by atoms with Gasteiger partial charge in [0.05, 0.1) is 5.54 Å². The van der Waals surface area contributed by atoms with Crippen molar-refractivity contribution in [3.63, 3.8) is 0 Å². The fraction of sp³-hybridized carbons (Fsp3) is 0.480. The molecule has 2 saturated heterocycles. The summed E-state index contributed by atoms with van der Waals surface area (Å²) in [4.78, 5) is 15.4. The Morgan fingerprint density at radius 2 is 1.71 bits per heavy atom. The summed E-state index contributed by atoms with van der Waals surface area (Å²) in [6.07, 6.45) is 0.791. The fourth-order valence-corrected chi connectivity index (χ4v) is 5.81. The lowest BCUT2D eigenvalue weighted by Crippen LogP contribution is -2.56. The van der Waals surface area contributed by atoms with Crippen molar-refractivity contribution in [1.82, 2.24) is 4.90 Å². The number of hydrogen-bond donors (Lipinski definition) is 1. The molecular formula is C25H30Cl2N2O2. The second-order valence-electron chi connectivity index (χ2n) is 10.5. The number of fused-ring (bicyclic) bond motifs is 1. The summed E-state index contributed by atoms with van der Waals surface area (Å²) in [6.45, 7) is 10.5. The van der Waals surface area contributed by atoms with Gasteiger partial charge in [-0.25, -0.2) is 4.90 Å². The Balaban J connectivity index is 1.99. The molecule has 4 atom stereocenters. The lowest BCUT2D eigenvalue weighted by Gasteiger charge is -2.44. The van der Waals surface area contributed by atoms with Gasteiger partial charge >= 0.3 is 5.97 Å². The van der Waals surface area contributed by atoms with Crippen LogP contribution in [0.4, 0.5) is 0 Å². The van der Waals surface area contributed by atoms with E-state index in [1.54, 1.807) is 0 Å². The molecule has 2 aromatic rings. The average molecular weight is 461 g/mol. The van der Waals surface area contributed by atoms with Crippen LogP contribution in [0.25, 0.3) is 0 Å². The van der Waals surface area contributed by atoms with Crippen molar-refractivity contribution < 1.29 is 9.53 Å². The second kappa shape index (κ2) is 7.48. The van der Waals surface area contributed by atoms with E-state index in [0.717, 1.165) is 17.5 Å². The standard InChI is InChI=1S/C25H30Cl2N2O2/c1-23(2,3)14-19-25(28,16-9-11-17(26)12-10-16)20(15-7-6-8-18(27)13-15)21-22(30)31-24(4,5)29(19)21/h6-13,19-21H,14,28H2,1-5H3. The Labute approximate surface area is 194 Å². The van der Waals surface area contributed by atoms with Gasteiger partial charge in [0.25, 0.3) is 0 Å². The summed E-state index contributed by atoms with van der Waals surface area (Å²) in [7, 11) is 0. The summed E-state index contributed by atoms with van der Waals surface area (Å²) in [5, 5.41) is 1.27. The number of rotatable bonds is 3. The van der Waals surface area contributed by atoms with Crippen molar-refractivity contribution in [2.24, 2.45) is 11.1 Å². The highest BCUT2D eigenvalue weighted by Gasteiger charge is 2.68. The topological polar surface area (TPSA) is 55.6 Å². The molecular weight excluding hydrogens is 431 g/mol. The molecule has 0 saturated carbocycles. The Morgan fingerprint density at radius 1 is 1.06 bits per heavy atom. The van der Waals surface area contributed by atoms with Crippen molar-refractivity contribution in [3.8, 4) is 0 Å². The molecule has 31 heavy (non-hydrogen) atoms. The Hall–Kier alpha value is -1.59. The van der Waals surface area contributed by atoms with E-state index >= 15 is 0 Å². The van der Waals surface area contributed by atoms with Gasteiger partial charge in [0.2, 0.25) is 0 Å². The first kappa shape index (κ1) is 22.6. The van der Waals surface area contributed by atoms with Crippen molar-refractivity contribution >= 4 is 29.2 Å². The van der Waals surface area contributed by atoms with Crippen LogP contribution < -0.4 is 5.73 Å². The Morgan fingerprint density at radius 3 is 2.29 bits per heavy atom. The van der Waals surface area contributed by atoms with E-state index in [9.17, 15) is 4.79 Å². The molecule has 0 spiro atoms. The van der Waals surface area contributed by atoms with Crippen LogP contribution in [0.1, 0.15) is 58.1 Å². The van der Waals surface area contributed by atoms with Crippen LogP contribution in [0.15, 0.2) is 48.5 Å². The number of benzene rings is 2. The fourth-order valence-electron chi connectivity index (χ4n) is 5.49. The first-order valence-corrected chi connectivity index (χ1v) is 11.4. The number of cyclic esters (lactones) is 1. The van der Waals surface area contributed by atoms with Gasteiger partial charge in [-0.05, 0) is 61.1 Å². The third kappa shape index (κ3) is 3.78. The lowest BCUT2D eigenvalue weighted by molar-refractivity contribution is -0.152. The van der Waals surface area contributed by atoms with E-state index in [-0.39, 0.29) is 23.3 Å². The zero-order valence-corrected chi connectivity index (χ0v) is 20.2. The van der Waals surface area contributed by atoms with Gasteiger partial charge in [-0.3, -0.25) is 4.79 Å². The summed E-state index contributed by atoms with van der Waals surface area (Å²) >= 11 is 12.6. The lowest BCUT2D eigenvalue weighted by atomic mass is 9.68. The van der Waals surface area contributed by atoms with Gasteiger partial charge in [0.1, 0.15) is 6.04 Å². The number of hydrogen-bond acceptors (Lipinski definition) is 4. The smallest absolute Gasteiger partial charge is 0.325 e. The number of carbonyl (C=O) groups is 1. The molecule has 2 fully saturated rings. The quantitative estimate of drug-likeness (QED) is 0.595. The normalized spacial score (nSPS) is 30.3. The summed E-state index contributed by atoms with van der Waals surface area (Å²) in [5.74, 6) is -0.566. The maximum Gasteiger partial charge on any atom is 0.325 e. The van der Waals surface area contributed by atoms with Crippen LogP contribution in [0.2, 0.25) is 10.0 Å². The number of esters is 1. The van der Waals surface area contributed by atoms with Crippen LogP contribution in [0.3, 0.4) is 0 Å². The predicted molar refractivity (Wildman–Crippen MR) is 125 cm³/mol. The molecule has 6 heteroatoms. The predicted octanol–water partition coefficient (Wildman–Crippen LogP) is 5.71. The van der Waals surface area contributed by atoms with E-state index in [4.69, 9.17) is 33.7 Å². The van der Waals surface area contributed by atoms with Gasteiger partial charge in [0.15, 0.2) is 5.72 Å². The van der Waals surface area contributed by atoms with Gasteiger partial charge < -0.3 is 10.5 Å². The first-order valence-electron chi connectivity index (χ1n) is 10.7. The number of carbonyl (C=O) groups excluding carboxylic acids is 1. The van der Waals surface area contributed by atoms with Crippen molar-refractivity contribution in [1.29, 1.82) is 0 Å². The zero-order valence-electron chi connectivity index (χ0n) is 18.7. The third-order valence-corrected chi connectivity index (χ3v) is 7.08. The van der Waals surface area contributed by atoms with Crippen LogP contribution in [0, 0.1) is 5.41 Å². The van der Waals surface area contributed by atoms with Crippen molar-refractivity contribution in [3.05, 3.63) is 69.7 Å². The van der Waals surface area contributed by atoms with E-state index in [1.165, 1.54) is 0 Å². The molecule has 166 valence electrons. The Bertz CT molecular complexity index is 999. The molecule has 4 nitrogen and oxygen atoms in total. The van der Waals surface area contributed by atoms with E-state index in [0.29, 0.717) is 10.0 Å². The van der Waals surface area contributed by atoms with Crippen LogP contribution in [0.5, 0.6) is 0 Å². The van der Waals surface area contributed by atoms with Crippen LogP contribution in [-0.2, 0) is 15.1 Å². The number of nitrogens with two attached hydrogens (primary N) is 1. The highest BCUT2D eigenvalue weighted by molar-refractivity contribution is 6.30. The Kier molecular flexibility index (Phi) is 5.45. The first-order chi connectivity index (χ1) is 14.3. The molecule has 4 rings (SSSR count). The molecule has 0 bridgehead atoms. The molecule has 2 aliphatic heterocycles. The number of nitrogens with zero attached hydrogens (tertiary/aromatic N) is 1. The zero-order chi connectivity index (χ0) is 22.8. The molecule has 2 aliphatic rings. The van der Waals surface area contributed by atoms with Gasteiger partial charge in [0, 0.05) is 22.0 Å². The minimum Gasteiger partial charge on any atom is -0.443 e. The minimum atomic E-state index is -0.843. The molecule has 0 radical (unpaired) electrons. The highest BCUT2D eigenvalue weighted by Crippen LogP contribution is 2.57. The summed E-state index contributed by atoms with van der Waals surface area (Å²) in [6, 6.07) is 14.7. The highest BCUT2D eigenvalue weighted by atomic mass is 35.5. The molecule has 0 aromatic heterocycles. The van der Waals surface area contributed by atoms with Crippen LogP contribution in [-0.4, -0.2) is 28.7 Å². The summed E-state index contributed by atoms with van der Waals surface area (Å²) in [5.41, 5.74) is 7.71. The van der Waals surface area contributed by atoms with Crippen molar-refractivity contribution in [2.75, 3.05) is 0 Å². The van der Waals surface area contributed by atoms with E-state index < -0.39 is 17.3 Å². The average Bonchev–Trinajstić information content (AvgIpc) is 3.04. The van der Waals surface area contributed by atoms with Crippen LogP contribution >= 0.6 is 23.2 Å². The van der Waals surface area contributed by atoms with E-state index in [1.807, 2.05) is 62.4 Å². The minimum absolute atomic E-state index is 0.0167. The molecule has 2 heterocycles. The van der Waals surface area contributed by atoms with Gasteiger partial charge in [-0.15, -0.1) is 0 Å². The molecule has 0 amide bonds. The number of ether oxygens (including phenoxy) is 1. The second-order valence-corrected chi connectivity index (χ2v) is 11.3. The number of halogens is 2. The van der Waals surface area contributed by atoms with Gasteiger partial charge in [-0.2, -0.15) is 0 Å². The van der Waals surface area contributed by atoms with Gasteiger partial charge in [-0.1, -0.05) is 68.2 Å². The third-order valence-electron chi connectivity index (χ3n) is 6.59. The van der Waals surface area contributed by atoms with E-state index in [2.05, 4.69) is 25.7 Å². The molecule has 2 aromatic carbocycles. The SMILES string of the molecule is CC(C)(C)CC1N2C(C(=O)OC2(C)C)C(c2cccc(Cl)c2)C1(N)c1ccc(Cl)cc1. The molecule has 4 unspecified atom stereocenters. The summed E-state index contributed by atoms with van der Waals surface area (Å²) < 4.78 is 5.87. The monoisotopic (exact) mass is 460 g/mol. The maximum absolute atomic E-state index is 13.3. The maximum atomic E-state index is 13.3. The largest absolute Gasteiger partial charge is 0.443 e. The molecule has 0 aliphatic carbocycles.